The Bertz CT molecular complexity index is 2010. The van der Waals surface area contributed by atoms with Gasteiger partial charge in [-0.3, -0.25) is 37.3 Å². The number of carbonyl (C=O) groups is 4. The number of rotatable bonds is 87. The van der Waals surface area contributed by atoms with E-state index in [2.05, 4.69) is 34.6 Å². The van der Waals surface area contributed by atoms with Crippen LogP contribution in [-0.2, 0) is 65.4 Å². The van der Waals surface area contributed by atoms with Crippen LogP contribution in [0.2, 0.25) is 0 Å². The third kappa shape index (κ3) is 80.1. The average molecular weight is 1550 g/mol. The molecule has 0 aliphatic heterocycles. The zero-order valence-electron chi connectivity index (χ0n) is 69.6. The highest BCUT2D eigenvalue weighted by atomic mass is 31.2. The second-order valence-electron chi connectivity index (χ2n) is 31.8. The number of phosphoric acid groups is 2. The lowest BCUT2D eigenvalue weighted by Crippen LogP contribution is -2.30. The number of hydrogen-bond acceptors (Lipinski definition) is 15. The predicted molar refractivity (Wildman–Crippen MR) is 437 cm³/mol. The molecule has 17 nitrogen and oxygen atoms in total. The van der Waals surface area contributed by atoms with Crippen molar-refractivity contribution in [3.05, 3.63) is 0 Å². The van der Waals surface area contributed by atoms with Crippen LogP contribution in [0.1, 0.15) is 471 Å². The van der Waals surface area contributed by atoms with Gasteiger partial charge in [-0.05, 0) is 31.6 Å². The lowest BCUT2D eigenvalue weighted by Gasteiger charge is -2.21. The van der Waals surface area contributed by atoms with Gasteiger partial charge >= 0.3 is 39.5 Å². The van der Waals surface area contributed by atoms with Crippen LogP contribution >= 0.6 is 15.6 Å². The first kappa shape index (κ1) is 104. The van der Waals surface area contributed by atoms with Crippen LogP contribution in [0.5, 0.6) is 0 Å². The Morgan fingerprint density at radius 2 is 0.434 bits per heavy atom. The van der Waals surface area contributed by atoms with E-state index < -0.39 is 97.5 Å². The molecule has 5 atom stereocenters. The molecule has 0 rings (SSSR count). The zero-order valence-corrected chi connectivity index (χ0v) is 71.4. The van der Waals surface area contributed by atoms with E-state index in [0.717, 1.165) is 109 Å². The van der Waals surface area contributed by atoms with Crippen molar-refractivity contribution < 1.29 is 80.2 Å². The zero-order chi connectivity index (χ0) is 77.6. The molecule has 0 amide bonds. The molecule has 106 heavy (non-hydrogen) atoms. The normalized spacial score (nSPS) is 13.7. The molecule has 0 radical (unpaired) electrons. The van der Waals surface area contributed by atoms with Crippen molar-refractivity contribution in [2.75, 3.05) is 39.6 Å². The third-order valence-electron chi connectivity index (χ3n) is 20.5. The molecule has 19 heteroatoms. The maximum absolute atomic E-state index is 13.1. The van der Waals surface area contributed by atoms with Gasteiger partial charge in [-0.25, -0.2) is 9.13 Å². The van der Waals surface area contributed by atoms with Crippen LogP contribution in [-0.4, -0.2) is 96.7 Å². The van der Waals surface area contributed by atoms with Gasteiger partial charge in [0.15, 0.2) is 12.2 Å². The molecule has 0 aromatic rings. The van der Waals surface area contributed by atoms with Crippen LogP contribution < -0.4 is 0 Å². The summed E-state index contributed by atoms with van der Waals surface area (Å²) < 4.78 is 68.8. The Hall–Kier alpha value is -1.94. The van der Waals surface area contributed by atoms with Gasteiger partial charge < -0.3 is 33.8 Å². The van der Waals surface area contributed by atoms with Crippen molar-refractivity contribution in [2.45, 2.75) is 490 Å². The summed E-state index contributed by atoms with van der Waals surface area (Å²) >= 11 is 0. The van der Waals surface area contributed by atoms with Crippen LogP contribution in [0.4, 0.5) is 0 Å². The minimum Gasteiger partial charge on any atom is -0.462 e. The molecule has 2 unspecified atom stereocenters. The SMILES string of the molecule is CCCCCCCCCCCCCCCCCCCCCCCC(=O)O[C@H](COC(=O)CCCCCCCCCCCCCCCCCCC(C)C)COP(=O)(O)OC[C@@H](O)COP(=O)(O)OC[C@@H](COC(=O)CCCCCCCCC)OC(=O)CCCCCCCCCCCCCCCCCCCCC. The first-order valence-electron chi connectivity index (χ1n) is 45.1. The summed E-state index contributed by atoms with van der Waals surface area (Å²) in [6.07, 6.45) is 73.9. The van der Waals surface area contributed by atoms with Gasteiger partial charge in [0.25, 0.3) is 0 Å². The van der Waals surface area contributed by atoms with Gasteiger partial charge in [-0.1, -0.05) is 420 Å². The van der Waals surface area contributed by atoms with E-state index in [-0.39, 0.29) is 25.7 Å². The molecule has 0 aromatic carbocycles. The Morgan fingerprint density at radius 3 is 0.642 bits per heavy atom. The number of ether oxygens (including phenoxy) is 4. The largest absolute Gasteiger partial charge is 0.472 e. The number of aliphatic hydroxyl groups excluding tert-OH is 1. The van der Waals surface area contributed by atoms with Crippen molar-refractivity contribution in [1.29, 1.82) is 0 Å². The first-order chi connectivity index (χ1) is 51.5. The fraction of sp³-hybridized carbons (Fsp3) is 0.954. The summed E-state index contributed by atoms with van der Waals surface area (Å²) in [5.41, 5.74) is 0. The molecule has 0 saturated carbocycles. The van der Waals surface area contributed by atoms with Crippen molar-refractivity contribution >= 4 is 39.5 Å². The van der Waals surface area contributed by atoms with Crippen LogP contribution in [0, 0.1) is 5.92 Å². The summed E-state index contributed by atoms with van der Waals surface area (Å²) in [4.78, 5) is 73.1. The van der Waals surface area contributed by atoms with Crippen molar-refractivity contribution in [2.24, 2.45) is 5.92 Å². The smallest absolute Gasteiger partial charge is 0.462 e. The minimum absolute atomic E-state index is 0.109. The number of unbranched alkanes of at least 4 members (excludes halogenated alkanes) is 59. The summed E-state index contributed by atoms with van der Waals surface area (Å²) in [5, 5.41) is 10.7. The number of phosphoric ester groups is 2. The Balaban J connectivity index is 5.15. The first-order valence-corrected chi connectivity index (χ1v) is 48.1. The summed E-state index contributed by atoms with van der Waals surface area (Å²) in [5.74, 6) is -1.29. The second-order valence-corrected chi connectivity index (χ2v) is 34.7. The third-order valence-corrected chi connectivity index (χ3v) is 22.4. The van der Waals surface area contributed by atoms with E-state index in [0.29, 0.717) is 25.7 Å². The molecular weight excluding hydrogens is 1380 g/mol. The van der Waals surface area contributed by atoms with E-state index in [9.17, 15) is 43.2 Å². The monoisotopic (exact) mass is 1550 g/mol. The van der Waals surface area contributed by atoms with Crippen LogP contribution in [0.25, 0.3) is 0 Å². The van der Waals surface area contributed by atoms with E-state index in [1.165, 1.54) is 283 Å². The topological polar surface area (TPSA) is 237 Å². The molecule has 0 fully saturated rings. The molecule has 0 saturated heterocycles. The lowest BCUT2D eigenvalue weighted by atomic mass is 10.0. The molecule has 3 N–H and O–H groups in total. The Morgan fingerprint density at radius 1 is 0.255 bits per heavy atom. The molecule has 0 aromatic heterocycles. The number of aliphatic hydroxyl groups is 1. The minimum atomic E-state index is -4.96. The van der Waals surface area contributed by atoms with Crippen LogP contribution in [0.15, 0.2) is 0 Å². The molecule has 0 bridgehead atoms. The summed E-state index contributed by atoms with van der Waals surface area (Å²) in [6, 6.07) is 0. The highest BCUT2D eigenvalue weighted by Crippen LogP contribution is 2.45. The van der Waals surface area contributed by atoms with Crippen molar-refractivity contribution in [3.63, 3.8) is 0 Å². The van der Waals surface area contributed by atoms with Crippen LogP contribution in [0.3, 0.4) is 0 Å². The van der Waals surface area contributed by atoms with Gasteiger partial charge in [-0.2, -0.15) is 0 Å². The molecular formula is C87H170O17P2. The second kappa shape index (κ2) is 79.7. The van der Waals surface area contributed by atoms with Crippen molar-refractivity contribution in [3.8, 4) is 0 Å². The Kier molecular flexibility index (Phi) is 78.2. The fourth-order valence-electron chi connectivity index (χ4n) is 13.6. The molecule has 0 aliphatic rings. The molecule has 0 aliphatic carbocycles. The Labute approximate surface area is 651 Å². The number of hydrogen-bond donors (Lipinski definition) is 3. The highest BCUT2D eigenvalue weighted by Gasteiger charge is 2.30. The maximum Gasteiger partial charge on any atom is 0.472 e. The van der Waals surface area contributed by atoms with Gasteiger partial charge in [0.05, 0.1) is 26.4 Å². The number of esters is 4. The maximum atomic E-state index is 13.1. The average Bonchev–Trinajstić information content (AvgIpc) is 0.903. The van der Waals surface area contributed by atoms with E-state index >= 15 is 0 Å². The van der Waals surface area contributed by atoms with E-state index in [1.54, 1.807) is 0 Å². The summed E-state index contributed by atoms with van der Waals surface area (Å²) in [6.45, 7) is 7.36. The van der Waals surface area contributed by atoms with E-state index in [4.69, 9.17) is 37.0 Å². The highest BCUT2D eigenvalue weighted by molar-refractivity contribution is 7.47. The van der Waals surface area contributed by atoms with Gasteiger partial charge in [0, 0.05) is 25.7 Å². The summed E-state index contributed by atoms with van der Waals surface area (Å²) in [7, 11) is -9.92. The van der Waals surface area contributed by atoms with Gasteiger partial charge in [-0.15, -0.1) is 0 Å². The quantitative estimate of drug-likeness (QED) is 0.0222. The van der Waals surface area contributed by atoms with E-state index in [1.807, 2.05) is 0 Å². The molecule has 0 heterocycles. The van der Waals surface area contributed by atoms with Gasteiger partial charge in [0.2, 0.25) is 0 Å². The molecule has 0 spiro atoms. The standard InChI is InChI=1S/C87H170O17P2/c1-6-9-12-15-18-20-22-24-26-28-30-31-33-35-41-45-49-53-58-63-68-73-87(92)104-83(77-98-85(90)71-66-61-56-51-47-43-39-37-36-38-42-46-50-55-59-64-69-80(4)5)79-102-106(95,96)100-75-81(88)74-99-105(93,94)101-78-82(76-97-84(89)70-65-60-54-17-14-11-8-3)103-86(91)72-67-62-57-52-48-44-40-34-32-29-27-25-23-21-19-16-13-10-7-2/h80-83,88H,6-79H2,1-5H3,(H,93,94)(H,95,96)/t81-,82+,83+/m0/s1. The fourth-order valence-corrected chi connectivity index (χ4v) is 15.2. The van der Waals surface area contributed by atoms with Gasteiger partial charge in [0.1, 0.15) is 19.3 Å². The lowest BCUT2D eigenvalue weighted by molar-refractivity contribution is -0.161. The predicted octanol–water partition coefficient (Wildman–Crippen LogP) is 26.8. The molecule has 630 valence electrons. The number of carbonyl (C=O) groups excluding carboxylic acids is 4. The van der Waals surface area contributed by atoms with Crippen molar-refractivity contribution in [1.82, 2.24) is 0 Å².